The largest absolute Gasteiger partial charge is 0.468 e. The summed E-state index contributed by atoms with van der Waals surface area (Å²) >= 11 is 0. The van der Waals surface area contributed by atoms with Crippen LogP contribution in [-0.2, 0) is 9.53 Å². The fourth-order valence-corrected chi connectivity index (χ4v) is 1.74. The zero-order chi connectivity index (χ0) is 9.97. The Morgan fingerprint density at radius 2 is 2.57 bits per heavy atom. The minimum Gasteiger partial charge on any atom is -0.468 e. The molecule has 1 aliphatic heterocycles. The van der Waals surface area contributed by atoms with Gasteiger partial charge in [-0.3, -0.25) is 9.48 Å². The highest BCUT2D eigenvalue weighted by Crippen LogP contribution is 2.18. The van der Waals surface area contributed by atoms with Crippen LogP contribution in [0.4, 0.5) is 0 Å². The zero-order valence-electron chi connectivity index (χ0n) is 8.01. The Morgan fingerprint density at radius 3 is 3.21 bits per heavy atom. The molecule has 0 amide bonds. The molecular formula is C9H13N3O2. The maximum atomic E-state index is 11.2. The Morgan fingerprint density at radius 1 is 1.71 bits per heavy atom. The van der Waals surface area contributed by atoms with E-state index in [1.54, 1.807) is 6.20 Å². The first-order valence-corrected chi connectivity index (χ1v) is 4.61. The molecule has 1 aromatic heterocycles. The van der Waals surface area contributed by atoms with Crippen molar-refractivity contribution in [2.24, 2.45) is 0 Å². The quantitative estimate of drug-likeness (QED) is 0.673. The normalized spacial score (nSPS) is 26.4. The SMILES string of the molecule is COC(=O)[C@@H]1CC(n2cccn2)CN1. The highest BCUT2D eigenvalue weighted by molar-refractivity contribution is 5.76. The van der Waals surface area contributed by atoms with Crippen molar-refractivity contribution in [3.05, 3.63) is 18.5 Å². The molecule has 0 bridgehead atoms. The molecule has 2 rings (SSSR count). The molecule has 1 saturated heterocycles. The van der Waals surface area contributed by atoms with Crippen molar-refractivity contribution in [2.75, 3.05) is 13.7 Å². The van der Waals surface area contributed by atoms with E-state index in [9.17, 15) is 4.79 Å². The Hall–Kier alpha value is -1.36. The van der Waals surface area contributed by atoms with E-state index in [2.05, 4.69) is 15.2 Å². The van der Waals surface area contributed by atoms with Gasteiger partial charge >= 0.3 is 5.97 Å². The summed E-state index contributed by atoms with van der Waals surface area (Å²) in [6, 6.07) is 1.95. The van der Waals surface area contributed by atoms with Crippen LogP contribution >= 0.6 is 0 Å². The Kier molecular flexibility index (Phi) is 2.49. The number of aromatic nitrogens is 2. The topological polar surface area (TPSA) is 56.2 Å². The highest BCUT2D eigenvalue weighted by Gasteiger charge is 2.31. The van der Waals surface area contributed by atoms with Gasteiger partial charge < -0.3 is 10.1 Å². The molecule has 5 nitrogen and oxygen atoms in total. The third-order valence-corrected chi connectivity index (χ3v) is 2.49. The van der Waals surface area contributed by atoms with Crippen LogP contribution in [0, 0.1) is 0 Å². The molecular weight excluding hydrogens is 182 g/mol. The van der Waals surface area contributed by atoms with Gasteiger partial charge in [0.2, 0.25) is 0 Å². The molecule has 14 heavy (non-hydrogen) atoms. The van der Waals surface area contributed by atoms with E-state index < -0.39 is 0 Å². The highest BCUT2D eigenvalue weighted by atomic mass is 16.5. The van der Waals surface area contributed by atoms with Crippen LogP contribution in [0.3, 0.4) is 0 Å². The summed E-state index contributed by atoms with van der Waals surface area (Å²) in [6.07, 6.45) is 4.39. The van der Waals surface area contributed by atoms with E-state index in [4.69, 9.17) is 0 Å². The van der Waals surface area contributed by atoms with Gasteiger partial charge in [0.1, 0.15) is 6.04 Å². The van der Waals surface area contributed by atoms with E-state index in [0.717, 1.165) is 13.0 Å². The first-order valence-electron chi connectivity index (χ1n) is 4.61. The van der Waals surface area contributed by atoms with E-state index in [1.165, 1.54) is 7.11 Å². The van der Waals surface area contributed by atoms with Gasteiger partial charge in [-0.25, -0.2) is 0 Å². The molecule has 76 valence electrons. The third kappa shape index (κ3) is 1.63. The number of rotatable bonds is 2. The number of carbonyl (C=O) groups excluding carboxylic acids is 1. The lowest BCUT2D eigenvalue weighted by atomic mass is 10.2. The Balaban J connectivity index is 1.98. The maximum absolute atomic E-state index is 11.2. The summed E-state index contributed by atoms with van der Waals surface area (Å²) in [5.74, 6) is -0.195. The van der Waals surface area contributed by atoms with Crippen LogP contribution in [-0.4, -0.2) is 35.4 Å². The van der Waals surface area contributed by atoms with Crippen molar-refractivity contribution in [3.8, 4) is 0 Å². The smallest absolute Gasteiger partial charge is 0.322 e. The zero-order valence-corrected chi connectivity index (χ0v) is 8.01. The van der Waals surface area contributed by atoms with Crippen molar-refractivity contribution < 1.29 is 9.53 Å². The van der Waals surface area contributed by atoms with Crippen LogP contribution in [0.25, 0.3) is 0 Å². The van der Waals surface area contributed by atoms with Crippen molar-refractivity contribution in [1.82, 2.24) is 15.1 Å². The number of hydrogen-bond acceptors (Lipinski definition) is 4. The number of hydrogen-bond donors (Lipinski definition) is 1. The standard InChI is InChI=1S/C9H13N3O2/c1-14-9(13)8-5-7(6-10-8)12-4-2-3-11-12/h2-4,7-8,10H,5-6H2,1H3/t7?,8-/m0/s1. The molecule has 1 aliphatic rings. The molecule has 1 N–H and O–H groups in total. The minimum absolute atomic E-state index is 0.186. The van der Waals surface area contributed by atoms with E-state index >= 15 is 0 Å². The lowest BCUT2D eigenvalue weighted by molar-refractivity contribution is -0.142. The maximum Gasteiger partial charge on any atom is 0.322 e. The molecule has 1 fully saturated rings. The van der Waals surface area contributed by atoms with Crippen molar-refractivity contribution in [1.29, 1.82) is 0 Å². The van der Waals surface area contributed by atoms with Crippen molar-refractivity contribution in [3.63, 3.8) is 0 Å². The first kappa shape index (κ1) is 9.21. The average Bonchev–Trinajstić information content (AvgIpc) is 2.86. The summed E-state index contributed by atoms with van der Waals surface area (Å²) in [5, 5.41) is 7.25. The molecule has 0 spiro atoms. The van der Waals surface area contributed by atoms with Gasteiger partial charge in [0.05, 0.1) is 13.2 Å². The molecule has 0 saturated carbocycles. The summed E-state index contributed by atoms with van der Waals surface area (Å²) in [6.45, 7) is 0.765. The van der Waals surface area contributed by atoms with Gasteiger partial charge in [0, 0.05) is 18.9 Å². The number of ether oxygens (including phenoxy) is 1. The van der Waals surface area contributed by atoms with Crippen molar-refractivity contribution >= 4 is 5.97 Å². The van der Waals surface area contributed by atoms with Gasteiger partial charge in [-0.15, -0.1) is 0 Å². The Labute approximate surface area is 82.0 Å². The minimum atomic E-state index is -0.195. The molecule has 0 radical (unpaired) electrons. The predicted octanol–water partition coefficient (Wildman–Crippen LogP) is -0.0409. The fourth-order valence-electron chi connectivity index (χ4n) is 1.74. The fraction of sp³-hybridized carbons (Fsp3) is 0.556. The number of carbonyl (C=O) groups is 1. The molecule has 2 heterocycles. The lowest BCUT2D eigenvalue weighted by Crippen LogP contribution is -2.31. The van der Waals surface area contributed by atoms with Gasteiger partial charge in [-0.2, -0.15) is 5.10 Å². The molecule has 0 aliphatic carbocycles. The van der Waals surface area contributed by atoms with Crippen molar-refractivity contribution in [2.45, 2.75) is 18.5 Å². The summed E-state index contributed by atoms with van der Waals surface area (Å²) in [7, 11) is 1.41. The predicted molar refractivity (Wildman–Crippen MR) is 49.7 cm³/mol. The molecule has 1 aromatic rings. The second-order valence-corrected chi connectivity index (χ2v) is 3.36. The van der Waals surface area contributed by atoms with Crippen LogP contribution in [0.2, 0.25) is 0 Å². The summed E-state index contributed by atoms with van der Waals surface area (Å²) in [4.78, 5) is 11.2. The van der Waals surface area contributed by atoms with Gasteiger partial charge in [-0.1, -0.05) is 0 Å². The van der Waals surface area contributed by atoms with E-state index in [-0.39, 0.29) is 18.1 Å². The van der Waals surface area contributed by atoms with E-state index in [1.807, 2.05) is 16.9 Å². The second kappa shape index (κ2) is 3.79. The first-order chi connectivity index (χ1) is 6.81. The van der Waals surface area contributed by atoms with Gasteiger partial charge in [0.15, 0.2) is 0 Å². The summed E-state index contributed by atoms with van der Waals surface area (Å²) < 4.78 is 6.54. The van der Waals surface area contributed by atoms with Crippen LogP contribution in [0.1, 0.15) is 12.5 Å². The second-order valence-electron chi connectivity index (χ2n) is 3.36. The van der Waals surface area contributed by atoms with Crippen LogP contribution in [0.15, 0.2) is 18.5 Å². The van der Waals surface area contributed by atoms with E-state index in [0.29, 0.717) is 0 Å². The Bertz CT molecular complexity index is 310. The van der Waals surface area contributed by atoms with Crippen LogP contribution < -0.4 is 5.32 Å². The average molecular weight is 195 g/mol. The van der Waals surface area contributed by atoms with Gasteiger partial charge in [0.25, 0.3) is 0 Å². The number of nitrogens with one attached hydrogen (secondary N) is 1. The monoisotopic (exact) mass is 195 g/mol. The number of methoxy groups -OCH3 is 1. The lowest BCUT2D eigenvalue weighted by Gasteiger charge is -2.08. The molecule has 5 heteroatoms. The van der Waals surface area contributed by atoms with Gasteiger partial charge in [-0.05, 0) is 12.5 Å². The number of nitrogens with zero attached hydrogens (tertiary/aromatic N) is 2. The molecule has 0 aromatic carbocycles. The molecule has 2 atom stereocenters. The third-order valence-electron chi connectivity index (χ3n) is 2.49. The van der Waals surface area contributed by atoms with Crippen LogP contribution in [0.5, 0.6) is 0 Å². The summed E-state index contributed by atoms with van der Waals surface area (Å²) in [5.41, 5.74) is 0. The molecule has 1 unspecified atom stereocenters. The number of esters is 1.